The van der Waals surface area contributed by atoms with Gasteiger partial charge in [0.05, 0.1) is 16.8 Å². The minimum Gasteiger partial charge on any atom is -0.381 e. The van der Waals surface area contributed by atoms with Gasteiger partial charge in [-0.25, -0.2) is 8.78 Å². The van der Waals surface area contributed by atoms with Crippen molar-refractivity contribution in [2.45, 2.75) is 38.4 Å². The van der Waals surface area contributed by atoms with Crippen LogP contribution < -0.4 is 15.1 Å². The van der Waals surface area contributed by atoms with Crippen LogP contribution in [0.3, 0.4) is 0 Å². The van der Waals surface area contributed by atoms with Crippen LogP contribution in [0.5, 0.6) is 0 Å². The second-order valence-corrected chi connectivity index (χ2v) is 12.0. The number of ether oxygens (including phenoxy) is 1. The summed E-state index contributed by atoms with van der Waals surface area (Å²) in [5.41, 5.74) is 3.87. The fourth-order valence-corrected chi connectivity index (χ4v) is 5.88. The van der Waals surface area contributed by atoms with E-state index in [0.717, 1.165) is 49.9 Å². The number of alkyl halides is 3. The lowest BCUT2D eigenvalue weighted by atomic mass is 10.0. The average molecular weight is 673 g/mol. The maximum absolute atomic E-state index is 13.8. The first kappa shape index (κ1) is 34.8. The number of hydrogen-bond donors (Lipinski definition) is 2. The molecule has 256 valence electrons. The highest BCUT2D eigenvalue weighted by Gasteiger charge is 2.27. The number of halogens is 5. The van der Waals surface area contributed by atoms with Gasteiger partial charge in [-0.3, -0.25) is 14.7 Å². The van der Waals surface area contributed by atoms with Crippen LogP contribution in [-0.4, -0.2) is 86.1 Å². The van der Waals surface area contributed by atoms with E-state index < -0.39 is 23.7 Å². The lowest BCUT2D eigenvalue weighted by Crippen LogP contribution is -2.44. The van der Waals surface area contributed by atoms with Gasteiger partial charge in [0.2, 0.25) is 6.41 Å². The predicted molar refractivity (Wildman–Crippen MR) is 173 cm³/mol. The molecule has 2 amide bonds. The quantitative estimate of drug-likeness (QED) is 0.173. The molecule has 2 saturated heterocycles. The number of benzene rings is 3. The molecule has 0 atom stereocenters. The summed E-state index contributed by atoms with van der Waals surface area (Å²) in [7, 11) is 2.10. The average Bonchev–Trinajstić information content (AvgIpc) is 3.42. The van der Waals surface area contributed by atoms with Crippen LogP contribution in [0.25, 0.3) is 10.9 Å². The number of carbonyl (C=O) groups is 2. The van der Waals surface area contributed by atoms with Gasteiger partial charge in [0.25, 0.3) is 5.91 Å². The van der Waals surface area contributed by atoms with Gasteiger partial charge in [-0.2, -0.15) is 18.3 Å². The molecule has 0 spiro atoms. The van der Waals surface area contributed by atoms with E-state index in [4.69, 9.17) is 4.74 Å². The number of rotatable bonds is 8. The summed E-state index contributed by atoms with van der Waals surface area (Å²) >= 11 is 0. The topological polar surface area (TPSA) is 93.8 Å². The lowest BCUT2D eigenvalue weighted by molar-refractivity contribution is -0.110. The van der Waals surface area contributed by atoms with Crippen LogP contribution in [0.4, 0.5) is 39.1 Å². The maximum atomic E-state index is 13.8. The van der Waals surface area contributed by atoms with Crippen LogP contribution in [-0.2, 0) is 16.0 Å². The van der Waals surface area contributed by atoms with Crippen molar-refractivity contribution < 1.29 is 36.3 Å². The Bertz CT molecular complexity index is 1710. The molecule has 3 aromatic carbocycles. The van der Waals surface area contributed by atoms with E-state index in [-0.39, 0.29) is 13.0 Å². The molecule has 2 N–H and O–H groups in total. The normalized spacial score (nSPS) is 15.9. The van der Waals surface area contributed by atoms with Gasteiger partial charge in [-0.15, -0.1) is 0 Å². The van der Waals surface area contributed by atoms with E-state index in [9.17, 15) is 31.5 Å². The summed E-state index contributed by atoms with van der Waals surface area (Å²) in [6.07, 6.45) is -1.52. The molecule has 1 aromatic heterocycles. The highest BCUT2D eigenvalue weighted by atomic mass is 19.4. The van der Waals surface area contributed by atoms with Gasteiger partial charge < -0.3 is 24.8 Å². The molecule has 9 nitrogen and oxygen atoms in total. The van der Waals surface area contributed by atoms with E-state index >= 15 is 0 Å². The summed E-state index contributed by atoms with van der Waals surface area (Å²) < 4.78 is 64.1. The Labute approximate surface area is 274 Å². The number of hydrogen-bond acceptors (Lipinski definition) is 6. The van der Waals surface area contributed by atoms with Crippen molar-refractivity contribution in [3.63, 3.8) is 0 Å². The van der Waals surface area contributed by atoms with E-state index in [1.807, 2.05) is 30.3 Å². The Morgan fingerprint density at radius 1 is 1.00 bits per heavy atom. The SMILES string of the molecule is CC(F)(F)F.CN1CCN(c2ccc(C(=O)Nc3n[nH]c4ccc(Cc5cc(F)cc(F)c5)cc34)c(N(C=O)C3CCOCC3)c2)CC1. The van der Waals surface area contributed by atoms with Crippen molar-refractivity contribution in [3.05, 3.63) is 82.9 Å². The van der Waals surface area contributed by atoms with Crippen LogP contribution >= 0.6 is 0 Å². The third-order valence-corrected chi connectivity index (χ3v) is 8.26. The molecule has 2 fully saturated rings. The van der Waals surface area contributed by atoms with Crippen molar-refractivity contribution in [2.24, 2.45) is 0 Å². The number of nitrogens with one attached hydrogen (secondary N) is 2. The van der Waals surface area contributed by atoms with Crippen molar-refractivity contribution in [2.75, 3.05) is 61.6 Å². The molecule has 2 aliphatic heterocycles. The zero-order valence-corrected chi connectivity index (χ0v) is 26.6. The molecular formula is C34H37F5N6O3. The van der Waals surface area contributed by atoms with Gasteiger partial charge in [0.15, 0.2) is 5.82 Å². The lowest BCUT2D eigenvalue weighted by Gasteiger charge is -2.36. The van der Waals surface area contributed by atoms with Gasteiger partial charge in [-0.1, -0.05) is 6.07 Å². The Hall–Kier alpha value is -4.56. The number of amides is 2. The first-order valence-electron chi connectivity index (χ1n) is 15.6. The first-order valence-corrected chi connectivity index (χ1v) is 15.6. The van der Waals surface area contributed by atoms with Crippen LogP contribution in [0, 0.1) is 11.6 Å². The van der Waals surface area contributed by atoms with E-state index in [1.165, 1.54) is 12.1 Å². The van der Waals surface area contributed by atoms with Crippen molar-refractivity contribution in [1.29, 1.82) is 0 Å². The summed E-state index contributed by atoms with van der Waals surface area (Å²) in [6.45, 7) is 4.85. The van der Waals surface area contributed by atoms with Gasteiger partial charge >= 0.3 is 6.18 Å². The predicted octanol–water partition coefficient (Wildman–Crippen LogP) is 6.15. The molecule has 2 aliphatic rings. The molecule has 0 radical (unpaired) electrons. The standard InChI is InChI=1S/C32H34F2N6O3.C2H3F3/c1-38-8-10-39(11-9-38)26-3-4-27(30(19-26)40(20-41)25-6-12-43-13-7-25)32(42)35-31-28-17-21(2-5-29(28)36-37-31)14-22-15-23(33)18-24(34)16-22;1-2(3,4)5/h2-5,15-20,25H,6-14H2,1H3,(H2,35,36,37,42);1H3. The first-order chi connectivity index (χ1) is 22.9. The molecule has 0 unspecified atom stereocenters. The number of piperazine rings is 1. The number of anilines is 3. The van der Waals surface area contributed by atoms with E-state index in [2.05, 4.69) is 32.4 Å². The second-order valence-electron chi connectivity index (χ2n) is 12.0. The smallest absolute Gasteiger partial charge is 0.381 e. The minimum absolute atomic E-state index is 0.0815. The Morgan fingerprint density at radius 2 is 1.67 bits per heavy atom. The molecule has 4 aromatic rings. The third kappa shape index (κ3) is 9.07. The van der Waals surface area contributed by atoms with Crippen molar-refractivity contribution >= 4 is 40.4 Å². The molecule has 14 heteroatoms. The summed E-state index contributed by atoms with van der Waals surface area (Å²) in [5, 5.41) is 10.9. The number of aromatic nitrogens is 2. The van der Waals surface area contributed by atoms with E-state index in [1.54, 1.807) is 11.0 Å². The maximum Gasteiger partial charge on any atom is 0.386 e. The van der Waals surface area contributed by atoms with Crippen LogP contribution in [0.2, 0.25) is 0 Å². The zero-order chi connectivity index (χ0) is 34.4. The Morgan fingerprint density at radius 3 is 2.31 bits per heavy atom. The Balaban J connectivity index is 0.000000840. The van der Waals surface area contributed by atoms with Gasteiger partial charge in [-0.05, 0) is 79.9 Å². The van der Waals surface area contributed by atoms with Gasteiger partial charge in [0, 0.05) is 69.5 Å². The zero-order valence-electron chi connectivity index (χ0n) is 26.6. The number of fused-ring (bicyclic) bond motifs is 1. The van der Waals surface area contributed by atoms with Crippen molar-refractivity contribution in [3.8, 4) is 0 Å². The van der Waals surface area contributed by atoms with Crippen LogP contribution in [0.1, 0.15) is 41.3 Å². The highest BCUT2D eigenvalue weighted by Crippen LogP contribution is 2.32. The third-order valence-electron chi connectivity index (χ3n) is 8.26. The van der Waals surface area contributed by atoms with E-state index in [0.29, 0.717) is 66.0 Å². The molecular weight excluding hydrogens is 635 g/mol. The summed E-state index contributed by atoms with van der Waals surface area (Å²) in [4.78, 5) is 32.5. The fraction of sp³-hybridized carbons (Fsp3) is 0.382. The van der Waals surface area contributed by atoms with Gasteiger partial charge in [0.1, 0.15) is 11.6 Å². The Kier molecular flexibility index (Phi) is 10.9. The number of carbonyl (C=O) groups excluding carboxylic acids is 2. The van der Waals surface area contributed by atoms with Crippen LogP contribution in [0.15, 0.2) is 54.6 Å². The largest absolute Gasteiger partial charge is 0.386 e. The van der Waals surface area contributed by atoms with Crippen molar-refractivity contribution in [1.82, 2.24) is 15.1 Å². The second kappa shape index (κ2) is 15.1. The number of nitrogens with zero attached hydrogens (tertiary/aromatic N) is 4. The molecule has 0 aliphatic carbocycles. The summed E-state index contributed by atoms with van der Waals surface area (Å²) in [6, 6.07) is 14.5. The number of likely N-dealkylation sites (N-methyl/N-ethyl adjacent to an activating group) is 1. The summed E-state index contributed by atoms with van der Waals surface area (Å²) in [5.74, 6) is -1.34. The monoisotopic (exact) mass is 672 g/mol. The molecule has 6 rings (SSSR count). The minimum atomic E-state index is -4.00. The highest BCUT2D eigenvalue weighted by molar-refractivity contribution is 6.12. The fourth-order valence-electron chi connectivity index (χ4n) is 5.88. The molecule has 0 bridgehead atoms. The molecule has 0 saturated carbocycles. The number of aromatic amines is 1. The molecule has 48 heavy (non-hydrogen) atoms. The number of H-pyrrole nitrogens is 1. The molecule has 3 heterocycles.